The van der Waals surface area contributed by atoms with Crippen LogP contribution >= 0.6 is 0 Å². The molecular weight excluding hydrogens is 343 g/mol. The second kappa shape index (κ2) is 6.91. The van der Waals surface area contributed by atoms with Crippen molar-refractivity contribution in [3.05, 3.63) is 40.5 Å². The Labute approximate surface area is 158 Å². The maximum atomic E-state index is 14.5. The molecule has 2 unspecified atom stereocenters. The van der Waals surface area contributed by atoms with Gasteiger partial charge in [0, 0.05) is 29.1 Å². The number of benzene rings is 1. The van der Waals surface area contributed by atoms with E-state index in [0.717, 1.165) is 36.1 Å². The van der Waals surface area contributed by atoms with Gasteiger partial charge in [0.1, 0.15) is 11.5 Å². The zero-order valence-electron chi connectivity index (χ0n) is 16.1. The molecule has 0 spiro atoms. The van der Waals surface area contributed by atoms with Crippen LogP contribution in [0.25, 0.3) is 0 Å². The SMILES string of the molecule is CCC(=Nc1cc(N(C=O)CC)cc(F)c1C)c1n[nH]c2c1CC1CC1C2. The van der Waals surface area contributed by atoms with Gasteiger partial charge in [-0.05, 0) is 63.5 Å². The van der Waals surface area contributed by atoms with Gasteiger partial charge in [-0.25, -0.2) is 4.39 Å². The minimum absolute atomic E-state index is 0.355. The first-order valence-electron chi connectivity index (χ1n) is 9.71. The molecular formula is C21H25FN4O. The van der Waals surface area contributed by atoms with E-state index in [0.29, 0.717) is 36.3 Å². The van der Waals surface area contributed by atoms with Gasteiger partial charge in [0.25, 0.3) is 0 Å². The van der Waals surface area contributed by atoms with Gasteiger partial charge in [-0.3, -0.25) is 14.9 Å². The smallest absolute Gasteiger partial charge is 0.214 e. The van der Waals surface area contributed by atoms with Crippen LogP contribution in [0.15, 0.2) is 17.1 Å². The number of carbonyl (C=O) groups excluding carboxylic acids is 1. The fourth-order valence-corrected chi connectivity index (χ4v) is 4.06. The lowest BCUT2D eigenvalue weighted by atomic mass is 9.94. The van der Waals surface area contributed by atoms with E-state index in [-0.39, 0.29) is 5.82 Å². The van der Waals surface area contributed by atoms with Crippen LogP contribution in [0.1, 0.15) is 49.2 Å². The Balaban J connectivity index is 1.75. The van der Waals surface area contributed by atoms with Crippen molar-refractivity contribution in [1.82, 2.24) is 10.2 Å². The number of fused-ring (bicyclic) bond motifs is 2. The van der Waals surface area contributed by atoms with Gasteiger partial charge < -0.3 is 4.90 Å². The summed E-state index contributed by atoms with van der Waals surface area (Å²) in [5.74, 6) is 1.26. The van der Waals surface area contributed by atoms with E-state index in [1.165, 1.54) is 28.6 Å². The number of halogens is 1. The van der Waals surface area contributed by atoms with Gasteiger partial charge in [-0.1, -0.05) is 6.92 Å². The highest BCUT2D eigenvalue weighted by Crippen LogP contribution is 2.48. The fraction of sp³-hybridized carbons (Fsp3) is 0.476. The molecule has 1 aromatic carbocycles. The topological polar surface area (TPSA) is 61.4 Å². The molecule has 142 valence electrons. The summed E-state index contributed by atoms with van der Waals surface area (Å²) in [7, 11) is 0. The van der Waals surface area contributed by atoms with E-state index in [1.54, 1.807) is 13.0 Å². The standard InChI is InChI=1S/C21H25FN4O/c1-4-18(21-16-7-13-6-14(13)8-20(16)24-25-21)23-19-10-15(26(5-2)11-27)9-17(22)12(19)3/h9-11,13-14H,4-8H2,1-3H3,(H,24,25). The number of carbonyl (C=O) groups is 1. The van der Waals surface area contributed by atoms with Gasteiger partial charge >= 0.3 is 0 Å². The Morgan fingerprint density at radius 1 is 1.37 bits per heavy atom. The van der Waals surface area contributed by atoms with Gasteiger partial charge in [0.2, 0.25) is 6.41 Å². The maximum absolute atomic E-state index is 14.5. The number of hydrogen-bond acceptors (Lipinski definition) is 3. The van der Waals surface area contributed by atoms with E-state index in [4.69, 9.17) is 4.99 Å². The number of anilines is 1. The van der Waals surface area contributed by atoms with Gasteiger partial charge in [-0.15, -0.1) is 0 Å². The number of nitrogens with zero attached hydrogens (tertiary/aromatic N) is 3. The monoisotopic (exact) mass is 368 g/mol. The molecule has 5 nitrogen and oxygen atoms in total. The summed E-state index contributed by atoms with van der Waals surface area (Å²) < 4.78 is 14.5. The van der Waals surface area contributed by atoms with Crippen LogP contribution in [0.2, 0.25) is 0 Å². The number of aromatic amines is 1. The first-order chi connectivity index (χ1) is 13.0. The molecule has 2 aromatic rings. The number of hydrogen-bond donors (Lipinski definition) is 1. The highest BCUT2D eigenvalue weighted by atomic mass is 19.1. The Kier molecular flexibility index (Phi) is 4.58. The molecule has 2 atom stereocenters. The van der Waals surface area contributed by atoms with Gasteiger partial charge in [-0.2, -0.15) is 5.10 Å². The second-order valence-corrected chi connectivity index (χ2v) is 7.57. The molecule has 0 bridgehead atoms. The van der Waals surface area contributed by atoms with Crippen molar-refractivity contribution in [3.8, 4) is 0 Å². The summed E-state index contributed by atoms with van der Waals surface area (Å²) in [6.45, 7) is 6.10. The lowest BCUT2D eigenvalue weighted by Gasteiger charge is -2.17. The molecule has 0 aliphatic heterocycles. The van der Waals surface area contributed by atoms with E-state index >= 15 is 0 Å². The predicted octanol–water partition coefficient (Wildman–Crippen LogP) is 4.11. The number of H-pyrrole nitrogens is 1. The van der Waals surface area contributed by atoms with Gasteiger partial charge in [0.15, 0.2) is 0 Å². The number of rotatable bonds is 6. The number of nitrogens with one attached hydrogen (secondary N) is 1. The third-order valence-electron chi connectivity index (χ3n) is 5.92. The summed E-state index contributed by atoms with van der Waals surface area (Å²) in [6.07, 6.45) is 4.88. The molecule has 4 rings (SSSR count). The zero-order valence-corrected chi connectivity index (χ0v) is 16.1. The first kappa shape index (κ1) is 17.9. The van der Waals surface area contributed by atoms with Crippen molar-refractivity contribution < 1.29 is 9.18 Å². The lowest BCUT2D eigenvalue weighted by molar-refractivity contribution is -0.107. The highest BCUT2D eigenvalue weighted by molar-refractivity contribution is 6.02. The Morgan fingerprint density at radius 2 is 2.15 bits per heavy atom. The number of amides is 1. The fourth-order valence-electron chi connectivity index (χ4n) is 4.06. The summed E-state index contributed by atoms with van der Waals surface area (Å²) in [5, 5.41) is 7.74. The van der Waals surface area contributed by atoms with Crippen molar-refractivity contribution in [2.24, 2.45) is 16.8 Å². The van der Waals surface area contributed by atoms with E-state index in [2.05, 4.69) is 10.2 Å². The van der Waals surface area contributed by atoms with Crippen molar-refractivity contribution in [2.45, 2.75) is 46.5 Å². The molecule has 1 N–H and O–H groups in total. The Bertz CT molecular complexity index is 917. The highest BCUT2D eigenvalue weighted by Gasteiger charge is 2.42. The van der Waals surface area contributed by atoms with Gasteiger partial charge in [0.05, 0.1) is 11.4 Å². The van der Waals surface area contributed by atoms with Crippen molar-refractivity contribution in [2.75, 3.05) is 11.4 Å². The third-order valence-corrected chi connectivity index (χ3v) is 5.92. The molecule has 0 radical (unpaired) electrons. The molecule has 1 fully saturated rings. The van der Waals surface area contributed by atoms with Crippen molar-refractivity contribution in [3.63, 3.8) is 0 Å². The average Bonchev–Trinajstić information content (AvgIpc) is 3.32. The quantitative estimate of drug-likeness (QED) is 0.616. The van der Waals surface area contributed by atoms with Crippen LogP contribution in [0, 0.1) is 24.6 Å². The van der Waals surface area contributed by atoms with Crippen LogP contribution in [0.4, 0.5) is 15.8 Å². The second-order valence-electron chi connectivity index (χ2n) is 7.57. The summed E-state index contributed by atoms with van der Waals surface area (Å²) in [5.41, 5.74) is 5.87. The zero-order chi connectivity index (χ0) is 19.1. The molecule has 6 heteroatoms. The minimum Gasteiger partial charge on any atom is -0.315 e. The largest absolute Gasteiger partial charge is 0.315 e. The Morgan fingerprint density at radius 3 is 2.85 bits per heavy atom. The normalized spacial score (nSPS) is 20.8. The van der Waals surface area contributed by atoms with E-state index in [1.807, 2.05) is 13.8 Å². The Hall–Kier alpha value is -2.50. The van der Waals surface area contributed by atoms with Crippen molar-refractivity contribution >= 4 is 23.5 Å². The molecule has 1 aromatic heterocycles. The van der Waals surface area contributed by atoms with Crippen LogP contribution < -0.4 is 4.90 Å². The lowest BCUT2D eigenvalue weighted by Crippen LogP contribution is -2.20. The summed E-state index contributed by atoms with van der Waals surface area (Å²) in [6, 6.07) is 3.17. The molecule has 1 heterocycles. The maximum Gasteiger partial charge on any atom is 0.214 e. The number of aromatic nitrogens is 2. The van der Waals surface area contributed by atoms with Crippen LogP contribution in [0.3, 0.4) is 0 Å². The third kappa shape index (κ3) is 3.17. The van der Waals surface area contributed by atoms with Crippen LogP contribution in [-0.2, 0) is 17.6 Å². The first-order valence-corrected chi connectivity index (χ1v) is 9.71. The molecule has 2 aliphatic carbocycles. The molecule has 0 saturated heterocycles. The number of aliphatic imine (C=N–C) groups is 1. The summed E-state index contributed by atoms with van der Waals surface area (Å²) in [4.78, 5) is 17.5. The van der Waals surface area contributed by atoms with Crippen molar-refractivity contribution in [1.29, 1.82) is 0 Å². The average molecular weight is 368 g/mol. The molecule has 1 amide bonds. The minimum atomic E-state index is -0.355. The van der Waals surface area contributed by atoms with Crippen LogP contribution in [-0.4, -0.2) is 28.9 Å². The molecule has 2 aliphatic rings. The summed E-state index contributed by atoms with van der Waals surface area (Å²) >= 11 is 0. The van der Waals surface area contributed by atoms with Crippen LogP contribution in [0.5, 0.6) is 0 Å². The molecule has 27 heavy (non-hydrogen) atoms. The predicted molar refractivity (Wildman–Crippen MR) is 104 cm³/mol. The van der Waals surface area contributed by atoms with E-state index < -0.39 is 0 Å². The molecule has 1 saturated carbocycles. The van der Waals surface area contributed by atoms with E-state index in [9.17, 15) is 9.18 Å².